The molecule has 1 aromatic carbocycles. The van der Waals surface area contributed by atoms with Gasteiger partial charge in [-0.25, -0.2) is 9.18 Å². The monoisotopic (exact) mass is 363 g/mol. The molecule has 100 valence electrons. The van der Waals surface area contributed by atoms with E-state index in [9.17, 15) is 14.3 Å². The maximum atomic E-state index is 13.1. The maximum absolute atomic E-state index is 13.1. The second-order valence-electron chi connectivity index (χ2n) is 3.70. The molecule has 1 atom stereocenters. The van der Waals surface area contributed by atoms with Gasteiger partial charge in [0.15, 0.2) is 6.04 Å². The first-order chi connectivity index (χ1) is 8.97. The minimum absolute atomic E-state index is 0.396. The Kier molecular flexibility index (Phi) is 4.44. The molecule has 19 heavy (non-hydrogen) atoms. The van der Waals surface area contributed by atoms with Gasteiger partial charge in [0.2, 0.25) is 0 Å². The van der Waals surface area contributed by atoms with Crippen LogP contribution >= 0.6 is 38.9 Å². The van der Waals surface area contributed by atoms with Gasteiger partial charge in [-0.3, -0.25) is 0 Å². The van der Waals surface area contributed by atoms with Gasteiger partial charge < -0.3 is 10.4 Å². The summed E-state index contributed by atoms with van der Waals surface area (Å²) in [5, 5.41) is 12.0. The van der Waals surface area contributed by atoms with E-state index in [1.807, 2.05) is 0 Å². The van der Waals surface area contributed by atoms with E-state index in [2.05, 4.69) is 21.2 Å². The van der Waals surface area contributed by atoms with Gasteiger partial charge in [-0.1, -0.05) is 17.7 Å². The van der Waals surface area contributed by atoms with Crippen LogP contribution in [-0.4, -0.2) is 11.1 Å². The number of carboxylic acid groups (broad SMARTS) is 1. The van der Waals surface area contributed by atoms with Crippen LogP contribution in [0.15, 0.2) is 34.8 Å². The van der Waals surface area contributed by atoms with Crippen LogP contribution in [0.3, 0.4) is 0 Å². The molecule has 2 N–H and O–H groups in total. The number of nitrogens with one attached hydrogen (secondary N) is 1. The van der Waals surface area contributed by atoms with E-state index < -0.39 is 17.8 Å². The first kappa shape index (κ1) is 14.3. The molecule has 7 heteroatoms. The summed E-state index contributed by atoms with van der Waals surface area (Å²) in [6.07, 6.45) is 0. The molecule has 1 heterocycles. The molecule has 2 rings (SSSR count). The van der Waals surface area contributed by atoms with Crippen molar-refractivity contribution in [1.29, 1.82) is 0 Å². The molecule has 1 aromatic heterocycles. The molecule has 0 aliphatic rings. The van der Waals surface area contributed by atoms with Crippen molar-refractivity contribution in [3.05, 3.63) is 49.8 Å². The number of aliphatic carboxylic acids is 1. The molecule has 0 spiro atoms. The quantitative estimate of drug-likeness (QED) is 0.837. The van der Waals surface area contributed by atoms with Crippen LogP contribution in [0.1, 0.15) is 10.9 Å². The molecule has 1 unspecified atom stereocenters. The Morgan fingerprint density at radius 1 is 1.47 bits per heavy atom. The number of benzene rings is 1. The van der Waals surface area contributed by atoms with Crippen molar-refractivity contribution >= 4 is 50.5 Å². The second-order valence-corrected chi connectivity index (χ2v) is 6.24. The van der Waals surface area contributed by atoms with Gasteiger partial charge in [0.05, 0.1) is 0 Å². The summed E-state index contributed by atoms with van der Waals surface area (Å²) in [6, 6.07) is 6.30. The van der Waals surface area contributed by atoms with E-state index in [0.29, 0.717) is 19.4 Å². The summed E-state index contributed by atoms with van der Waals surface area (Å²) in [6.45, 7) is 0. The minimum atomic E-state index is -1.06. The van der Waals surface area contributed by atoms with Crippen LogP contribution in [0.2, 0.25) is 4.34 Å². The number of hydrogen-bond donors (Lipinski definition) is 2. The summed E-state index contributed by atoms with van der Waals surface area (Å²) in [4.78, 5) is 11.8. The highest BCUT2D eigenvalue weighted by molar-refractivity contribution is 9.10. The first-order valence-electron chi connectivity index (χ1n) is 5.17. The van der Waals surface area contributed by atoms with Gasteiger partial charge in [-0.2, -0.15) is 0 Å². The SMILES string of the molecule is O=C(O)C(Nc1cccc(F)c1)c1cc(Br)c(Cl)s1. The van der Waals surface area contributed by atoms with E-state index in [1.54, 1.807) is 12.1 Å². The number of hydrogen-bond acceptors (Lipinski definition) is 3. The molecule has 0 fully saturated rings. The third-order valence-electron chi connectivity index (χ3n) is 2.33. The van der Waals surface area contributed by atoms with Crippen molar-refractivity contribution in [3.63, 3.8) is 0 Å². The van der Waals surface area contributed by atoms with Gasteiger partial charge in [0, 0.05) is 15.0 Å². The summed E-state index contributed by atoms with van der Waals surface area (Å²) in [5.74, 6) is -1.49. The number of rotatable bonds is 4. The molecular formula is C12H8BrClFNO2S. The Balaban J connectivity index is 2.29. The van der Waals surface area contributed by atoms with E-state index in [1.165, 1.54) is 18.2 Å². The van der Waals surface area contributed by atoms with Crippen molar-refractivity contribution in [1.82, 2.24) is 0 Å². The van der Waals surface area contributed by atoms with Gasteiger partial charge in [0.1, 0.15) is 10.2 Å². The Labute approximate surface area is 126 Å². The third-order valence-corrected chi connectivity index (χ3v) is 4.87. The zero-order valence-corrected chi connectivity index (χ0v) is 12.5. The molecule has 0 amide bonds. The fraction of sp³-hybridized carbons (Fsp3) is 0.0833. The highest BCUT2D eigenvalue weighted by atomic mass is 79.9. The Morgan fingerprint density at radius 3 is 2.74 bits per heavy atom. The zero-order chi connectivity index (χ0) is 14.0. The lowest BCUT2D eigenvalue weighted by molar-refractivity contribution is -0.138. The topological polar surface area (TPSA) is 49.3 Å². The number of anilines is 1. The molecule has 0 saturated carbocycles. The van der Waals surface area contributed by atoms with E-state index >= 15 is 0 Å². The summed E-state index contributed by atoms with van der Waals surface area (Å²) in [7, 11) is 0. The van der Waals surface area contributed by atoms with E-state index in [-0.39, 0.29) is 0 Å². The molecule has 0 aliphatic carbocycles. The lowest BCUT2D eigenvalue weighted by atomic mass is 10.2. The average Bonchev–Trinajstić information content (AvgIpc) is 2.66. The normalized spacial score (nSPS) is 12.2. The highest BCUT2D eigenvalue weighted by Gasteiger charge is 2.23. The zero-order valence-electron chi connectivity index (χ0n) is 9.36. The molecular weight excluding hydrogens is 357 g/mol. The summed E-state index contributed by atoms with van der Waals surface area (Å²) in [5.41, 5.74) is 0.396. The average molecular weight is 365 g/mol. The van der Waals surface area contributed by atoms with Crippen LogP contribution in [0, 0.1) is 5.82 Å². The first-order valence-corrected chi connectivity index (χ1v) is 7.16. The van der Waals surface area contributed by atoms with Crippen LogP contribution < -0.4 is 5.32 Å². The van der Waals surface area contributed by atoms with Crippen LogP contribution in [0.4, 0.5) is 10.1 Å². The molecule has 0 bridgehead atoms. The summed E-state index contributed by atoms with van der Waals surface area (Å²) >= 11 is 10.3. The predicted octanol–water partition coefficient (Wildman–Crippen LogP) is 4.54. The number of carboxylic acids is 1. The van der Waals surface area contributed by atoms with Crippen molar-refractivity contribution < 1.29 is 14.3 Å². The van der Waals surface area contributed by atoms with Crippen LogP contribution in [0.5, 0.6) is 0 Å². The largest absolute Gasteiger partial charge is 0.479 e. The Bertz CT molecular complexity index is 600. The van der Waals surface area contributed by atoms with Crippen molar-refractivity contribution in [2.24, 2.45) is 0 Å². The van der Waals surface area contributed by atoms with Gasteiger partial charge >= 0.3 is 5.97 Å². The maximum Gasteiger partial charge on any atom is 0.331 e. The Morgan fingerprint density at radius 2 is 2.21 bits per heavy atom. The van der Waals surface area contributed by atoms with Crippen molar-refractivity contribution in [2.75, 3.05) is 5.32 Å². The van der Waals surface area contributed by atoms with Crippen LogP contribution in [-0.2, 0) is 4.79 Å². The van der Waals surface area contributed by atoms with Gasteiger partial charge in [-0.05, 0) is 40.2 Å². The number of halogens is 3. The lowest BCUT2D eigenvalue weighted by Crippen LogP contribution is -2.19. The summed E-state index contributed by atoms with van der Waals surface area (Å²) < 4.78 is 14.2. The van der Waals surface area contributed by atoms with Gasteiger partial charge in [-0.15, -0.1) is 11.3 Å². The molecule has 0 saturated heterocycles. The van der Waals surface area contributed by atoms with E-state index in [4.69, 9.17) is 11.6 Å². The van der Waals surface area contributed by atoms with Crippen LogP contribution in [0.25, 0.3) is 0 Å². The predicted molar refractivity (Wildman–Crippen MR) is 77.4 cm³/mol. The Hall–Kier alpha value is -1.11. The molecule has 2 aromatic rings. The fourth-order valence-corrected chi connectivity index (χ4v) is 3.29. The fourth-order valence-electron chi connectivity index (χ4n) is 1.51. The third kappa shape index (κ3) is 3.46. The second kappa shape index (κ2) is 5.90. The lowest BCUT2D eigenvalue weighted by Gasteiger charge is -2.14. The number of carbonyl (C=O) groups is 1. The minimum Gasteiger partial charge on any atom is -0.479 e. The standard InChI is InChI=1S/C12H8BrClFNO2S/c13-8-5-9(19-11(8)14)10(12(17)18)16-7-3-1-2-6(15)4-7/h1-5,10,16H,(H,17,18). The van der Waals surface area contributed by atoms with E-state index in [0.717, 1.165) is 11.3 Å². The molecule has 3 nitrogen and oxygen atoms in total. The smallest absolute Gasteiger partial charge is 0.331 e. The van der Waals surface area contributed by atoms with Gasteiger partial charge in [0.25, 0.3) is 0 Å². The van der Waals surface area contributed by atoms with Crippen molar-refractivity contribution in [2.45, 2.75) is 6.04 Å². The highest BCUT2D eigenvalue weighted by Crippen LogP contribution is 2.36. The molecule has 0 aliphatic heterocycles. The molecule has 0 radical (unpaired) electrons. The van der Waals surface area contributed by atoms with Crippen molar-refractivity contribution in [3.8, 4) is 0 Å². The number of thiophene rings is 1.